The number of rotatable bonds is 5. The number of carbonyl (C=O) groups is 1. The van der Waals surface area contributed by atoms with E-state index in [-0.39, 0.29) is 23.7 Å². The number of nitrogens with one attached hydrogen (secondary N) is 2. The van der Waals surface area contributed by atoms with E-state index in [1.165, 1.54) is 21.3 Å². The van der Waals surface area contributed by atoms with Gasteiger partial charge in [0, 0.05) is 25.4 Å². The van der Waals surface area contributed by atoms with Crippen molar-refractivity contribution in [1.29, 1.82) is 0 Å². The normalized spacial score (nSPS) is 18.4. The van der Waals surface area contributed by atoms with Gasteiger partial charge in [0.25, 0.3) is 5.56 Å². The molecule has 0 unspecified atom stereocenters. The van der Waals surface area contributed by atoms with Gasteiger partial charge < -0.3 is 29.2 Å². The van der Waals surface area contributed by atoms with E-state index in [1.54, 1.807) is 12.1 Å². The second-order valence-electron chi connectivity index (χ2n) is 7.01. The Morgan fingerprint density at radius 1 is 1.07 bits per heavy atom. The minimum Gasteiger partial charge on any atom is -0.493 e. The number of aromatic nitrogens is 2. The van der Waals surface area contributed by atoms with Crippen molar-refractivity contribution < 1.29 is 23.7 Å². The zero-order valence-electron chi connectivity index (χ0n) is 17.1. The lowest BCUT2D eigenvalue weighted by atomic mass is 9.86. The van der Waals surface area contributed by atoms with E-state index in [2.05, 4.69) is 15.3 Å². The largest absolute Gasteiger partial charge is 0.493 e. The van der Waals surface area contributed by atoms with Crippen LogP contribution < -0.4 is 30.0 Å². The third-order valence-electron chi connectivity index (χ3n) is 5.34. The van der Waals surface area contributed by atoms with E-state index in [9.17, 15) is 9.59 Å². The predicted molar refractivity (Wildman–Crippen MR) is 109 cm³/mol. The second-order valence-corrected chi connectivity index (χ2v) is 7.01. The first-order valence-corrected chi connectivity index (χ1v) is 9.62. The van der Waals surface area contributed by atoms with Crippen molar-refractivity contribution >= 4 is 17.7 Å². The Labute approximate surface area is 173 Å². The Morgan fingerprint density at radius 2 is 1.73 bits per heavy atom. The summed E-state index contributed by atoms with van der Waals surface area (Å²) >= 11 is 0. The van der Waals surface area contributed by atoms with Gasteiger partial charge in [-0.25, -0.2) is 0 Å². The molecule has 2 N–H and O–H groups in total. The number of methoxy groups -OCH3 is 3. The van der Waals surface area contributed by atoms with Crippen molar-refractivity contribution in [3.05, 3.63) is 33.6 Å². The number of fused-ring (bicyclic) bond motifs is 1. The summed E-state index contributed by atoms with van der Waals surface area (Å²) in [5, 5.41) is 2.74. The van der Waals surface area contributed by atoms with Crippen LogP contribution in [0.1, 0.15) is 23.5 Å². The van der Waals surface area contributed by atoms with E-state index >= 15 is 0 Å². The maximum Gasteiger partial charge on any atom is 0.258 e. The number of anilines is 2. The maximum atomic E-state index is 13.1. The Kier molecular flexibility index (Phi) is 5.49. The van der Waals surface area contributed by atoms with Crippen LogP contribution in [0.2, 0.25) is 0 Å². The number of benzene rings is 1. The van der Waals surface area contributed by atoms with Crippen molar-refractivity contribution in [1.82, 2.24) is 9.97 Å². The molecule has 2 aliphatic rings. The topological polar surface area (TPSA) is 115 Å². The lowest BCUT2D eigenvalue weighted by Crippen LogP contribution is -2.40. The highest BCUT2D eigenvalue weighted by Crippen LogP contribution is 2.43. The fraction of sp³-hybridized carbons (Fsp3) is 0.450. The van der Waals surface area contributed by atoms with Crippen LogP contribution in [0.4, 0.5) is 11.8 Å². The van der Waals surface area contributed by atoms with Crippen LogP contribution in [0.25, 0.3) is 0 Å². The summed E-state index contributed by atoms with van der Waals surface area (Å²) in [7, 11) is 4.56. The first-order chi connectivity index (χ1) is 14.5. The third kappa shape index (κ3) is 3.54. The molecular formula is C20H24N4O6. The van der Waals surface area contributed by atoms with Gasteiger partial charge in [-0.05, 0) is 17.7 Å². The van der Waals surface area contributed by atoms with Gasteiger partial charge in [-0.2, -0.15) is 4.98 Å². The molecule has 1 fully saturated rings. The van der Waals surface area contributed by atoms with Gasteiger partial charge in [0.15, 0.2) is 11.5 Å². The lowest BCUT2D eigenvalue weighted by molar-refractivity contribution is -0.116. The molecule has 1 saturated heterocycles. The number of ether oxygens (including phenoxy) is 4. The van der Waals surface area contributed by atoms with Crippen molar-refractivity contribution in [2.45, 2.75) is 12.3 Å². The summed E-state index contributed by atoms with van der Waals surface area (Å²) in [6.07, 6.45) is 0.104. The number of amides is 1. The lowest BCUT2D eigenvalue weighted by Gasteiger charge is -2.30. The van der Waals surface area contributed by atoms with Crippen molar-refractivity contribution in [3.63, 3.8) is 0 Å². The summed E-state index contributed by atoms with van der Waals surface area (Å²) in [5.41, 5.74) is 0.813. The molecule has 0 radical (unpaired) electrons. The molecule has 0 saturated carbocycles. The number of hydrogen-bond acceptors (Lipinski definition) is 8. The van der Waals surface area contributed by atoms with Crippen LogP contribution in [0.3, 0.4) is 0 Å². The fourth-order valence-corrected chi connectivity index (χ4v) is 3.87. The number of morpholine rings is 1. The van der Waals surface area contributed by atoms with Gasteiger partial charge in [0.1, 0.15) is 5.82 Å². The van der Waals surface area contributed by atoms with E-state index in [4.69, 9.17) is 18.9 Å². The van der Waals surface area contributed by atoms with Crippen LogP contribution >= 0.6 is 0 Å². The zero-order chi connectivity index (χ0) is 21.3. The molecular weight excluding hydrogens is 392 g/mol. The highest BCUT2D eigenvalue weighted by Gasteiger charge is 2.33. The smallest absolute Gasteiger partial charge is 0.258 e. The third-order valence-corrected chi connectivity index (χ3v) is 5.34. The van der Waals surface area contributed by atoms with Gasteiger partial charge in [0.05, 0.1) is 40.1 Å². The average molecular weight is 416 g/mol. The molecule has 0 aliphatic carbocycles. The molecule has 1 aromatic heterocycles. The molecule has 1 amide bonds. The highest BCUT2D eigenvalue weighted by molar-refractivity contribution is 5.94. The van der Waals surface area contributed by atoms with Crippen molar-refractivity contribution in [3.8, 4) is 17.2 Å². The number of carbonyl (C=O) groups excluding carboxylic acids is 1. The Hall–Kier alpha value is -3.27. The molecule has 10 nitrogen and oxygen atoms in total. The van der Waals surface area contributed by atoms with Crippen molar-refractivity contribution in [2.75, 3.05) is 57.8 Å². The van der Waals surface area contributed by atoms with Crippen LogP contribution in [-0.2, 0) is 9.53 Å². The molecule has 30 heavy (non-hydrogen) atoms. The van der Waals surface area contributed by atoms with Gasteiger partial charge in [-0.3, -0.25) is 14.6 Å². The van der Waals surface area contributed by atoms with E-state index in [1.807, 2.05) is 4.90 Å². The van der Waals surface area contributed by atoms with Gasteiger partial charge >= 0.3 is 0 Å². The van der Waals surface area contributed by atoms with Crippen molar-refractivity contribution in [2.24, 2.45) is 0 Å². The quantitative estimate of drug-likeness (QED) is 0.745. The summed E-state index contributed by atoms with van der Waals surface area (Å²) in [5.74, 6) is 1.33. The van der Waals surface area contributed by atoms with Crippen LogP contribution in [0.15, 0.2) is 16.9 Å². The molecule has 10 heteroatoms. The molecule has 0 spiro atoms. The van der Waals surface area contributed by atoms with Crippen LogP contribution in [0, 0.1) is 0 Å². The number of aromatic amines is 1. The molecule has 3 heterocycles. The Bertz CT molecular complexity index is 990. The molecule has 1 aromatic carbocycles. The molecule has 4 rings (SSSR count). The minimum atomic E-state index is -0.502. The first-order valence-electron chi connectivity index (χ1n) is 9.62. The standard InChI is InChI=1S/C20H24N4O6/c1-27-13-8-11(9-14(28-2)17(13)29-3)12-10-15(25)21-18-16(12)19(26)23-20(22-18)24-4-6-30-7-5-24/h8-9,12H,4-7,10H2,1-3H3,(H2,21,22,23,25,26)/t12-/m0/s1. The Balaban J connectivity index is 1.81. The number of H-pyrrole nitrogens is 1. The molecule has 0 bridgehead atoms. The SMILES string of the molecule is COc1cc([C@@H]2CC(=O)Nc3nc(N4CCOCC4)[nH]c(=O)c32)cc(OC)c1OC. The highest BCUT2D eigenvalue weighted by atomic mass is 16.5. The number of hydrogen-bond donors (Lipinski definition) is 2. The minimum absolute atomic E-state index is 0.104. The van der Waals surface area contributed by atoms with E-state index in [0.29, 0.717) is 60.6 Å². The number of nitrogens with zero attached hydrogens (tertiary/aromatic N) is 2. The van der Waals surface area contributed by atoms with Crippen LogP contribution in [0.5, 0.6) is 17.2 Å². The molecule has 1 atom stereocenters. The van der Waals surface area contributed by atoms with E-state index in [0.717, 1.165) is 0 Å². The van der Waals surface area contributed by atoms with Crippen LogP contribution in [-0.4, -0.2) is 63.5 Å². The predicted octanol–water partition coefficient (Wildman–Crippen LogP) is 1.11. The summed E-state index contributed by atoms with van der Waals surface area (Å²) in [6, 6.07) is 3.51. The Morgan fingerprint density at radius 3 is 2.33 bits per heavy atom. The van der Waals surface area contributed by atoms with E-state index < -0.39 is 5.92 Å². The van der Waals surface area contributed by atoms with Gasteiger partial charge in [-0.1, -0.05) is 0 Å². The summed E-state index contributed by atoms with van der Waals surface area (Å²) in [4.78, 5) is 34.8. The second kappa shape index (κ2) is 8.23. The maximum absolute atomic E-state index is 13.1. The fourth-order valence-electron chi connectivity index (χ4n) is 3.87. The first kappa shape index (κ1) is 20.0. The molecule has 2 aliphatic heterocycles. The van der Waals surface area contributed by atoms with Gasteiger partial charge in [0.2, 0.25) is 17.6 Å². The molecule has 160 valence electrons. The average Bonchev–Trinajstić information content (AvgIpc) is 2.77. The monoisotopic (exact) mass is 416 g/mol. The summed E-state index contributed by atoms with van der Waals surface area (Å²) in [6.45, 7) is 2.35. The van der Waals surface area contributed by atoms with Gasteiger partial charge in [-0.15, -0.1) is 0 Å². The summed E-state index contributed by atoms with van der Waals surface area (Å²) < 4.78 is 21.6. The zero-order valence-corrected chi connectivity index (χ0v) is 17.1. The molecule has 2 aromatic rings.